The molecule has 1 aliphatic heterocycles. The van der Waals surface area contributed by atoms with Crippen LogP contribution in [0.4, 0.5) is 4.39 Å². The number of aliphatic hydroxyl groups excluding tert-OH is 1. The Bertz CT molecular complexity index is 473. The van der Waals surface area contributed by atoms with Crippen LogP contribution in [0.2, 0.25) is 0 Å². The predicted molar refractivity (Wildman–Crippen MR) is 59.4 cm³/mol. The van der Waals surface area contributed by atoms with Crippen molar-refractivity contribution >= 4 is 12.1 Å². The zero-order valence-electron chi connectivity index (χ0n) is 8.75. The molecule has 0 fully saturated rings. The molecule has 0 bridgehead atoms. The van der Waals surface area contributed by atoms with E-state index in [0.29, 0.717) is 5.56 Å². The summed E-state index contributed by atoms with van der Waals surface area (Å²) in [6, 6.07) is 8.40. The molecule has 1 aromatic carbocycles. The van der Waals surface area contributed by atoms with Gasteiger partial charge in [0.25, 0.3) is 5.91 Å². The predicted octanol–water partition coefficient (Wildman–Crippen LogP) is 0.805. The minimum absolute atomic E-state index is 0.406. The fourth-order valence-corrected chi connectivity index (χ4v) is 1.30. The Hall–Kier alpha value is -2.21. The van der Waals surface area contributed by atoms with E-state index in [2.05, 4.69) is 10.4 Å². The zero-order valence-corrected chi connectivity index (χ0v) is 8.75. The number of benzene rings is 1. The maximum Gasteiger partial charge on any atom is 0.269 e. The van der Waals surface area contributed by atoms with E-state index >= 15 is 0 Å². The Morgan fingerprint density at radius 1 is 1.41 bits per heavy atom. The molecule has 0 aliphatic carbocycles. The first-order chi connectivity index (χ1) is 8.16. The summed E-state index contributed by atoms with van der Waals surface area (Å²) in [5.41, 5.74) is 2.74. The van der Waals surface area contributed by atoms with Crippen molar-refractivity contribution in [2.45, 2.75) is 6.35 Å². The molecule has 0 spiro atoms. The highest BCUT2D eigenvalue weighted by molar-refractivity contribution is 5.93. The molecule has 0 radical (unpaired) electrons. The van der Waals surface area contributed by atoms with E-state index in [1.165, 1.54) is 0 Å². The molecule has 1 heterocycles. The standard InChI is InChI=1S/C11H10FN3O2/c12-9-6-13-11(17)15(7-9)14-10(16)8-4-2-1-3-5-8/h1-7,11,17H,(H,14,16). The number of nitrogens with zero attached hydrogens (tertiary/aromatic N) is 2. The summed E-state index contributed by atoms with van der Waals surface area (Å²) in [7, 11) is 0. The summed E-state index contributed by atoms with van der Waals surface area (Å²) in [5, 5.41) is 10.3. The SMILES string of the molecule is O=C(NN1C=C(F)C=NC1O)c1ccccc1. The summed E-state index contributed by atoms with van der Waals surface area (Å²) >= 11 is 0. The van der Waals surface area contributed by atoms with Crippen molar-refractivity contribution in [1.82, 2.24) is 10.4 Å². The molecule has 1 amide bonds. The van der Waals surface area contributed by atoms with Crippen LogP contribution in [0.3, 0.4) is 0 Å². The summed E-state index contributed by atoms with van der Waals surface area (Å²) in [5.74, 6) is -1.10. The third kappa shape index (κ3) is 2.67. The first-order valence-electron chi connectivity index (χ1n) is 4.90. The molecule has 2 N–H and O–H groups in total. The van der Waals surface area contributed by atoms with E-state index in [0.717, 1.165) is 17.4 Å². The molecule has 5 nitrogen and oxygen atoms in total. The average Bonchev–Trinajstić information content (AvgIpc) is 2.35. The van der Waals surface area contributed by atoms with Crippen molar-refractivity contribution in [2.24, 2.45) is 4.99 Å². The molecule has 88 valence electrons. The van der Waals surface area contributed by atoms with Crippen molar-refractivity contribution in [3.8, 4) is 0 Å². The molecule has 0 saturated carbocycles. The van der Waals surface area contributed by atoms with Crippen LogP contribution in [0.25, 0.3) is 0 Å². The third-order valence-electron chi connectivity index (χ3n) is 2.11. The van der Waals surface area contributed by atoms with Gasteiger partial charge in [-0.2, -0.15) is 0 Å². The molecular weight excluding hydrogens is 225 g/mol. The van der Waals surface area contributed by atoms with Crippen LogP contribution in [0.15, 0.2) is 47.4 Å². The fourth-order valence-electron chi connectivity index (χ4n) is 1.30. The van der Waals surface area contributed by atoms with E-state index < -0.39 is 18.1 Å². The molecule has 1 atom stereocenters. The van der Waals surface area contributed by atoms with Gasteiger partial charge in [-0.05, 0) is 12.1 Å². The van der Waals surface area contributed by atoms with E-state index in [4.69, 9.17) is 0 Å². The number of allylic oxidation sites excluding steroid dienone is 1. The van der Waals surface area contributed by atoms with E-state index in [1.807, 2.05) is 0 Å². The number of nitrogens with one attached hydrogen (secondary N) is 1. The average molecular weight is 235 g/mol. The lowest BCUT2D eigenvalue weighted by Gasteiger charge is -2.25. The summed E-state index contributed by atoms with van der Waals surface area (Å²) in [4.78, 5) is 15.1. The van der Waals surface area contributed by atoms with E-state index in [-0.39, 0.29) is 0 Å². The molecule has 2 rings (SSSR count). The van der Waals surface area contributed by atoms with Gasteiger partial charge in [-0.3, -0.25) is 10.2 Å². The second-order valence-corrected chi connectivity index (χ2v) is 3.35. The maximum atomic E-state index is 12.9. The monoisotopic (exact) mass is 235 g/mol. The maximum absolute atomic E-state index is 12.9. The number of carbonyl (C=O) groups excluding carboxylic acids is 1. The molecule has 17 heavy (non-hydrogen) atoms. The third-order valence-corrected chi connectivity index (χ3v) is 2.11. The molecule has 1 aromatic rings. The normalized spacial score (nSPS) is 18.8. The molecule has 0 saturated heterocycles. The number of aliphatic hydroxyl groups is 1. The van der Waals surface area contributed by atoms with E-state index in [1.54, 1.807) is 30.3 Å². The number of hydrazine groups is 1. The van der Waals surface area contributed by atoms with Crippen LogP contribution in [0.1, 0.15) is 10.4 Å². The highest BCUT2D eigenvalue weighted by Gasteiger charge is 2.18. The van der Waals surface area contributed by atoms with Crippen LogP contribution in [-0.2, 0) is 0 Å². The Labute approximate surface area is 96.9 Å². The summed E-state index contributed by atoms with van der Waals surface area (Å²) < 4.78 is 12.9. The quantitative estimate of drug-likeness (QED) is 0.797. The van der Waals surface area contributed by atoms with Crippen LogP contribution >= 0.6 is 0 Å². The minimum Gasteiger partial charge on any atom is -0.354 e. The van der Waals surface area contributed by atoms with Crippen molar-refractivity contribution in [2.75, 3.05) is 0 Å². The Morgan fingerprint density at radius 2 is 2.12 bits per heavy atom. The second-order valence-electron chi connectivity index (χ2n) is 3.35. The molecule has 6 heteroatoms. The van der Waals surface area contributed by atoms with Gasteiger partial charge in [-0.1, -0.05) is 18.2 Å². The van der Waals surface area contributed by atoms with Crippen molar-refractivity contribution in [1.29, 1.82) is 0 Å². The Balaban J connectivity index is 2.07. The fraction of sp³-hybridized carbons (Fsp3) is 0.0909. The molecular formula is C11H10FN3O2. The number of carbonyl (C=O) groups is 1. The van der Waals surface area contributed by atoms with Gasteiger partial charge in [0.2, 0.25) is 6.35 Å². The zero-order chi connectivity index (χ0) is 12.3. The topological polar surface area (TPSA) is 64.9 Å². The number of hydrogen-bond acceptors (Lipinski definition) is 4. The second kappa shape index (κ2) is 4.75. The van der Waals surface area contributed by atoms with Crippen molar-refractivity contribution < 1.29 is 14.3 Å². The Kier molecular flexibility index (Phi) is 3.15. The smallest absolute Gasteiger partial charge is 0.269 e. The number of rotatable bonds is 2. The first-order valence-corrected chi connectivity index (χ1v) is 4.90. The lowest BCUT2D eigenvalue weighted by atomic mass is 10.2. The number of halogens is 1. The van der Waals surface area contributed by atoms with Crippen LogP contribution in [-0.4, -0.2) is 28.6 Å². The highest BCUT2D eigenvalue weighted by Crippen LogP contribution is 2.08. The molecule has 0 aromatic heterocycles. The Morgan fingerprint density at radius 3 is 2.82 bits per heavy atom. The van der Waals surface area contributed by atoms with Gasteiger partial charge in [0, 0.05) is 5.56 Å². The van der Waals surface area contributed by atoms with Gasteiger partial charge in [0.05, 0.1) is 12.4 Å². The first kappa shape index (κ1) is 11.3. The molecule has 1 unspecified atom stereocenters. The van der Waals surface area contributed by atoms with Crippen molar-refractivity contribution in [3.05, 3.63) is 47.9 Å². The van der Waals surface area contributed by atoms with Crippen LogP contribution in [0.5, 0.6) is 0 Å². The largest absolute Gasteiger partial charge is 0.354 e. The van der Waals surface area contributed by atoms with Gasteiger partial charge in [0.15, 0.2) is 5.83 Å². The summed E-state index contributed by atoms with van der Waals surface area (Å²) in [6.07, 6.45) is 0.524. The number of aliphatic imine (C=N–C) groups is 1. The lowest BCUT2D eigenvalue weighted by molar-refractivity contribution is 0.00904. The van der Waals surface area contributed by atoms with Gasteiger partial charge in [-0.15, -0.1) is 0 Å². The summed E-state index contributed by atoms with van der Waals surface area (Å²) in [6.45, 7) is 0. The highest BCUT2D eigenvalue weighted by atomic mass is 19.1. The lowest BCUT2D eigenvalue weighted by Crippen LogP contribution is -2.45. The van der Waals surface area contributed by atoms with Gasteiger partial charge >= 0.3 is 0 Å². The number of amides is 1. The minimum atomic E-state index is -1.32. The molecule has 1 aliphatic rings. The van der Waals surface area contributed by atoms with E-state index in [9.17, 15) is 14.3 Å². The van der Waals surface area contributed by atoms with Crippen LogP contribution < -0.4 is 5.43 Å². The number of hydrogen-bond donors (Lipinski definition) is 2. The van der Waals surface area contributed by atoms with Crippen LogP contribution in [0, 0.1) is 0 Å². The van der Waals surface area contributed by atoms with Gasteiger partial charge in [-0.25, -0.2) is 14.4 Å². The van der Waals surface area contributed by atoms with Gasteiger partial charge in [0.1, 0.15) is 0 Å². The van der Waals surface area contributed by atoms with Gasteiger partial charge < -0.3 is 5.11 Å². The van der Waals surface area contributed by atoms with Crippen molar-refractivity contribution in [3.63, 3.8) is 0 Å².